The molecule has 0 radical (unpaired) electrons. The lowest BCUT2D eigenvalue weighted by atomic mass is 9.83. The van der Waals surface area contributed by atoms with Crippen LogP contribution in [0.4, 0.5) is 0 Å². The summed E-state index contributed by atoms with van der Waals surface area (Å²) in [6, 6.07) is -1.57. The van der Waals surface area contributed by atoms with Crippen LogP contribution in [0.2, 0.25) is 0 Å². The van der Waals surface area contributed by atoms with Gasteiger partial charge in [-0.05, 0) is 20.8 Å². The first-order valence-corrected chi connectivity index (χ1v) is 6.80. The molecule has 1 aliphatic rings. The molecule has 0 bridgehead atoms. The molecule has 1 rings (SSSR count). The number of rotatable bonds is 6. The summed E-state index contributed by atoms with van der Waals surface area (Å²) in [6.45, 7) is 2.83. The highest BCUT2D eigenvalue weighted by molar-refractivity contribution is 5.99. The molecule has 9 nitrogen and oxygen atoms in total. The maximum absolute atomic E-state index is 12.4. The highest BCUT2D eigenvalue weighted by Crippen LogP contribution is 2.31. The van der Waals surface area contributed by atoms with E-state index in [0.717, 1.165) is 0 Å². The Balaban J connectivity index is 3.01. The molecular formula is C13H22N2O7. The Morgan fingerprint density at radius 3 is 2.27 bits per heavy atom. The Bertz CT molecular complexity index is 477. The highest BCUT2D eigenvalue weighted by atomic mass is 16.3. The third-order valence-corrected chi connectivity index (χ3v) is 4.05. The topological polar surface area (TPSA) is 156 Å². The minimum Gasteiger partial charge on any atom is -0.391 e. The van der Waals surface area contributed by atoms with Gasteiger partial charge >= 0.3 is 0 Å². The minimum absolute atomic E-state index is 0.297. The van der Waals surface area contributed by atoms with Crippen LogP contribution in [0, 0.1) is 0 Å². The molecule has 2 amide bonds. The molecule has 0 aromatic heterocycles. The van der Waals surface area contributed by atoms with E-state index in [1.165, 1.54) is 20.8 Å². The molecule has 1 aliphatic heterocycles. The van der Waals surface area contributed by atoms with Crippen LogP contribution in [0.25, 0.3) is 0 Å². The maximum Gasteiger partial charge on any atom is 0.249 e. The van der Waals surface area contributed by atoms with Crippen molar-refractivity contribution in [3.05, 3.63) is 0 Å². The van der Waals surface area contributed by atoms with E-state index in [9.17, 15) is 29.7 Å². The van der Waals surface area contributed by atoms with E-state index in [1.54, 1.807) is 0 Å². The van der Waals surface area contributed by atoms with Crippen molar-refractivity contribution in [1.82, 2.24) is 10.6 Å². The zero-order valence-electron chi connectivity index (χ0n) is 12.7. The fraction of sp³-hybridized carbons (Fsp3) is 0.769. The lowest BCUT2D eigenvalue weighted by molar-refractivity contribution is -0.142. The number of carbonyl (C=O) groups excluding carboxylic acids is 3. The first-order valence-electron chi connectivity index (χ1n) is 6.80. The first-order chi connectivity index (χ1) is 9.96. The standard InChI is InChI=1S/C13H22N2O7/c1-6(17)10(20)9(7(18)5-16)14-11(21)13(3)12(2,22)4-8(19)15-13/h6,9-10,16-17,20,22H,4-5H2,1-3H3,(H,14,21)(H,15,19)/t6-,9-,10-,12?,13-/m1/s1. The average Bonchev–Trinajstić information content (AvgIpc) is 2.62. The van der Waals surface area contributed by atoms with Crippen LogP contribution in [0.5, 0.6) is 0 Å². The third kappa shape index (κ3) is 3.27. The summed E-state index contributed by atoms with van der Waals surface area (Å²) in [6.07, 6.45) is -3.28. The number of Topliss-reactive ketones (excluding diaryl/α,β-unsaturated/α-hetero) is 1. The van der Waals surface area contributed by atoms with Gasteiger partial charge in [-0.3, -0.25) is 14.4 Å². The molecule has 22 heavy (non-hydrogen) atoms. The Morgan fingerprint density at radius 1 is 1.36 bits per heavy atom. The summed E-state index contributed by atoms with van der Waals surface area (Å²) in [5.41, 5.74) is -3.41. The Kier molecular flexibility index (Phi) is 5.29. The molecular weight excluding hydrogens is 296 g/mol. The minimum atomic E-state index is -1.71. The van der Waals surface area contributed by atoms with Crippen LogP contribution < -0.4 is 10.6 Å². The van der Waals surface area contributed by atoms with Crippen LogP contribution in [0.15, 0.2) is 0 Å². The molecule has 0 saturated carbocycles. The van der Waals surface area contributed by atoms with Gasteiger partial charge < -0.3 is 31.1 Å². The van der Waals surface area contributed by atoms with E-state index in [0.29, 0.717) is 0 Å². The number of hydrogen-bond donors (Lipinski definition) is 6. The molecule has 9 heteroatoms. The number of aliphatic hydroxyl groups excluding tert-OH is 3. The zero-order chi connectivity index (χ0) is 17.3. The van der Waals surface area contributed by atoms with Crippen molar-refractivity contribution in [3.8, 4) is 0 Å². The van der Waals surface area contributed by atoms with E-state index < -0.39 is 53.6 Å². The van der Waals surface area contributed by atoms with Gasteiger partial charge in [0.2, 0.25) is 11.8 Å². The molecule has 0 aromatic carbocycles. The van der Waals surface area contributed by atoms with Crippen LogP contribution in [0.1, 0.15) is 27.2 Å². The van der Waals surface area contributed by atoms with Crippen molar-refractivity contribution < 1.29 is 34.8 Å². The number of aliphatic hydroxyl groups is 4. The smallest absolute Gasteiger partial charge is 0.249 e. The highest BCUT2D eigenvalue weighted by Gasteiger charge is 2.57. The summed E-state index contributed by atoms with van der Waals surface area (Å²) >= 11 is 0. The van der Waals surface area contributed by atoms with E-state index in [1.807, 2.05) is 0 Å². The van der Waals surface area contributed by atoms with Crippen LogP contribution in [-0.2, 0) is 14.4 Å². The van der Waals surface area contributed by atoms with E-state index in [4.69, 9.17) is 5.11 Å². The van der Waals surface area contributed by atoms with Crippen LogP contribution in [0.3, 0.4) is 0 Å². The number of amides is 2. The second kappa shape index (κ2) is 6.29. The maximum atomic E-state index is 12.4. The van der Waals surface area contributed by atoms with Gasteiger partial charge in [-0.2, -0.15) is 0 Å². The van der Waals surface area contributed by atoms with Gasteiger partial charge in [0, 0.05) is 0 Å². The molecule has 1 fully saturated rings. The fourth-order valence-electron chi connectivity index (χ4n) is 2.27. The Morgan fingerprint density at radius 2 is 1.91 bits per heavy atom. The molecule has 6 N–H and O–H groups in total. The van der Waals surface area contributed by atoms with Crippen molar-refractivity contribution in [1.29, 1.82) is 0 Å². The molecule has 5 atom stereocenters. The SMILES string of the molecule is C[C@@H](O)[C@@H](O)[C@H](NC(=O)[C@@]1(C)NC(=O)CC1(C)O)C(=O)CO. The van der Waals surface area contributed by atoms with Gasteiger partial charge in [-0.25, -0.2) is 0 Å². The van der Waals surface area contributed by atoms with Gasteiger partial charge in [-0.1, -0.05) is 0 Å². The normalized spacial score (nSPS) is 32.0. The predicted molar refractivity (Wildman–Crippen MR) is 73.5 cm³/mol. The van der Waals surface area contributed by atoms with Crippen molar-refractivity contribution in [3.63, 3.8) is 0 Å². The summed E-state index contributed by atoms with van der Waals surface area (Å²) in [5.74, 6) is -2.35. The molecule has 1 unspecified atom stereocenters. The monoisotopic (exact) mass is 318 g/mol. The number of hydrogen-bond acceptors (Lipinski definition) is 7. The van der Waals surface area contributed by atoms with Crippen molar-refractivity contribution in [2.75, 3.05) is 6.61 Å². The second-order valence-electron chi connectivity index (χ2n) is 5.93. The summed E-state index contributed by atoms with van der Waals surface area (Å²) < 4.78 is 0. The quantitative estimate of drug-likeness (QED) is 0.301. The van der Waals surface area contributed by atoms with Gasteiger partial charge in [0.1, 0.15) is 29.9 Å². The summed E-state index contributed by atoms with van der Waals surface area (Å²) in [7, 11) is 0. The first kappa shape index (κ1) is 18.5. The van der Waals surface area contributed by atoms with E-state index in [-0.39, 0.29) is 6.42 Å². The molecule has 0 aromatic rings. The molecule has 0 aliphatic carbocycles. The molecule has 1 saturated heterocycles. The Hall–Kier alpha value is -1.55. The lowest BCUT2D eigenvalue weighted by Crippen LogP contribution is -2.66. The molecule has 0 spiro atoms. The van der Waals surface area contributed by atoms with Crippen molar-refractivity contribution in [2.24, 2.45) is 0 Å². The van der Waals surface area contributed by atoms with Gasteiger partial charge in [0.15, 0.2) is 5.78 Å². The number of carbonyl (C=O) groups is 3. The van der Waals surface area contributed by atoms with Gasteiger partial charge in [0.25, 0.3) is 0 Å². The largest absolute Gasteiger partial charge is 0.391 e. The van der Waals surface area contributed by atoms with Crippen molar-refractivity contribution >= 4 is 17.6 Å². The summed E-state index contributed by atoms with van der Waals surface area (Å²) in [5, 5.41) is 42.8. The molecule has 1 heterocycles. The molecule has 126 valence electrons. The zero-order valence-corrected chi connectivity index (χ0v) is 12.7. The number of nitrogens with one attached hydrogen (secondary N) is 2. The Labute approximate surface area is 127 Å². The summed E-state index contributed by atoms with van der Waals surface area (Å²) in [4.78, 5) is 35.5. The lowest BCUT2D eigenvalue weighted by Gasteiger charge is -2.36. The van der Waals surface area contributed by atoms with E-state index >= 15 is 0 Å². The second-order valence-corrected chi connectivity index (χ2v) is 5.93. The van der Waals surface area contributed by atoms with Gasteiger partial charge in [0.05, 0.1) is 12.5 Å². The average molecular weight is 318 g/mol. The van der Waals surface area contributed by atoms with E-state index in [2.05, 4.69) is 10.6 Å². The third-order valence-electron chi connectivity index (χ3n) is 4.05. The van der Waals surface area contributed by atoms with Crippen LogP contribution in [-0.4, -0.2) is 74.0 Å². The predicted octanol–water partition coefficient (Wildman–Crippen LogP) is -3.20. The van der Waals surface area contributed by atoms with Gasteiger partial charge in [-0.15, -0.1) is 0 Å². The van der Waals surface area contributed by atoms with Crippen molar-refractivity contribution in [2.45, 2.75) is 56.6 Å². The number of ketones is 1. The fourth-order valence-corrected chi connectivity index (χ4v) is 2.27. The van der Waals surface area contributed by atoms with Crippen LogP contribution >= 0.6 is 0 Å².